The summed E-state index contributed by atoms with van der Waals surface area (Å²) in [5.74, 6) is 1.15. The summed E-state index contributed by atoms with van der Waals surface area (Å²) in [6.07, 6.45) is 2.16. The van der Waals surface area contributed by atoms with E-state index < -0.39 is 5.60 Å². The van der Waals surface area contributed by atoms with Crippen molar-refractivity contribution in [3.8, 4) is 0 Å². The van der Waals surface area contributed by atoms with E-state index in [2.05, 4.69) is 13.8 Å². The third kappa shape index (κ3) is 2.94. The van der Waals surface area contributed by atoms with Crippen molar-refractivity contribution < 1.29 is 9.90 Å². The molecule has 0 spiro atoms. The second-order valence-corrected chi connectivity index (χ2v) is 5.24. The number of aliphatic hydroxyl groups is 1. The molecule has 1 amide bonds. The van der Waals surface area contributed by atoms with Gasteiger partial charge in [-0.15, -0.1) is 0 Å². The van der Waals surface area contributed by atoms with Gasteiger partial charge in [-0.3, -0.25) is 4.79 Å². The second-order valence-electron chi connectivity index (χ2n) is 5.24. The molecule has 0 saturated carbocycles. The molecule has 1 N–H and O–H groups in total. The summed E-state index contributed by atoms with van der Waals surface area (Å²) in [6.45, 7) is 9.14. The van der Waals surface area contributed by atoms with E-state index in [1.165, 1.54) is 0 Å². The summed E-state index contributed by atoms with van der Waals surface area (Å²) in [6, 6.07) is 0. The number of hydrogen-bond donors (Lipinski definition) is 1. The number of rotatable bonds is 2. The van der Waals surface area contributed by atoms with Crippen LogP contribution in [0.5, 0.6) is 0 Å². The summed E-state index contributed by atoms with van der Waals surface area (Å²) in [7, 11) is 0. The van der Waals surface area contributed by atoms with Crippen molar-refractivity contribution in [2.24, 2.45) is 11.8 Å². The normalized spacial score (nSPS) is 27.9. The quantitative estimate of drug-likeness (QED) is 0.757. The van der Waals surface area contributed by atoms with Crippen molar-refractivity contribution in [2.45, 2.75) is 46.1 Å². The number of nitrogens with zero attached hydrogens (tertiary/aromatic N) is 1. The van der Waals surface area contributed by atoms with Crippen LogP contribution in [0, 0.1) is 11.8 Å². The molecule has 0 aromatic carbocycles. The highest BCUT2D eigenvalue weighted by atomic mass is 16.3. The molecule has 88 valence electrons. The van der Waals surface area contributed by atoms with Gasteiger partial charge >= 0.3 is 0 Å². The molecule has 0 unspecified atom stereocenters. The van der Waals surface area contributed by atoms with Crippen LogP contribution in [0.4, 0.5) is 0 Å². The van der Waals surface area contributed by atoms with E-state index >= 15 is 0 Å². The maximum atomic E-state index is 11.9. The Morgan fingerprint density at radius 2 is 2.13 bits per heavy atom. The van der Waals surface area contributed by atoms with E-state index in [1.807, 2.05) is 4.90 Å². The maximum Gasteiger partial charge on any atom is 0.253 e. The minimum Gasteiger partial charge on any atom is -0.381 e. The Hall–Kier alpha value is -0.570. The number of hydrogen-bond acceptors (Lipinski definition) is 2. The highest BCUT2D eigenvalue weighted by molar-refractivity contribution is 5.84. The SMILES string of the molecule is CC[C@H]1CN(C(=O)C(C)(C)O)CC[C@H]1C. The van der Waals surface area contributed by atoms with E-state index in [0.717, 1.165) is 25.9 Å². The third-order valence-electron chi connectivity index (χ3n) is 3.45. The monoisotopic (exact) mass is 213 g/mol. The first-order valence-corrected chi connectivity index (χ1v) is 5.88. The molecule has 0 bridgehead atoms. The molecule has 15 heavy (non-hydrogen) atoms. The Kier molecular flexibility index (Phi) is 3.77. The first-order valence-electron chi connectivity index (χ1n) is 5.88. The van der Waals surface area contributed by atoms with Gasteiger partial charge in [0, 0.05) is 13.1 Å². The molecule has 0 aliphatic carbocycles. The molecule has 3 heteroatoms. The van der Waals surface area contributed by atoms with E-state index in [4.69, 9.17) is 0 Å². The molecule has 1 saturated heterocycles. The fourth-order valence-electron chi connectivity index (χ4n) is 2.25. The minimum atomic E-state index is -1.22. The van der Waals surface area contributed by atoms with Crippen LogP contribution in [0.1, 0.15) is 40.5 Å². The van der Waals surface area contributed by atoms with E-state index in [0.29, 0.717) is 11.8 Å². The van der Waals surface area contributed by atoms with Gasteiger partial charge < -0.3 is 10.0 Å². The molecule has 0 radical (unpaired) electrons. The van der Waals surface area contributed by atoms with E-state index in [9.17, 15) is 9.90 Å². The number of carbonyl (C=O) groups excluding carboxylic acids is 1. The zero-order valence-electron chi connectivity index (χ0n) is 10.3. The first kappa shape index (κ1) is 12.5. The fraction of sp³-hybridized carbons (Fsp3) is 0.917. The average molecular weight is 213 g/mol. The highest BCUT2D eigenvalue weighted by Gasteiger charge is 2.34. The van der Waals surface area contributed by atoms with Crippen molar-refractivity contribution in [1.82, 2.24) is 4.90 Å². The number of amides is 1. The van der Waals surface area contributed by atoms with Gasteiger partial charge in [0.05, 0.1) is 0 Å². The summed E-state index contributed by atoms with van der Waals surface area (Å²) in [4.78, 5) is 13.7. The Morgan fingerprint density at radius 3 is 2.60 bits per heavy atom. The Morgan fingerprint density at radius 1 is 1.53 bits per heavy atom. The topological polar surface area (TPSA) is 40.5 Å². The molecule has 3 nitrogen and oxygen atoms in total. The molecule has 1 heterocycles. The smallest absolute Gasteiger partial charge is 0.253 e. The van der Waals surface area contributed by atoms with Crippen molar-refractivity contribution in [3.05, 3.63) is 0 Å². The van der Waals surface area contributed by atoms with Gasteiger partial charge in [0.15, 0.2) is 0 Å². The van der Waals surface area contributed by atoms with Crippen LogP contribution in [-0.4, -0.2) is 34.6 Å². The van der Waals surface area contributed by atoms with Gasteiger partial charge in [0.2, 0.25) is 0 Å². The number of piperidine rings is 1. The summed E-state index contributed by atoms with van der Waals surface area (Å²) < 4.78 is 0. The van der Waals surface area contributed by atoms with Crippen LogP contribution in [-0.2, 0) is 4.79 Å². The van der Waals surface area contributed by atoms with Crippen LogP contribution in [0.15, 0.2) is 0 Å². The van der Waals surface area contributed by atoms with E-state index in [-0.39, 0.29) is 5.91 Å². The fourth-order valence-corrected chi connectivity index (χ4v) is 2.25. The van der Waals surface area contributed by atoms with Gasteiger partial charge in [0.25, 0.3) is 5.91 Å². The van der Waals surface area contributed by atoms with Crippen LogP contribution in [0.2, 0.25) is 0 Å². The highest BCUT2D eigenvalue weighted by Crippen LogP contribution is 2.26. The van der Waals surface area contributed by atoms with Crippen LogP contribution in [0.25, 0.3) is 0 Å². The van der Waals surface area contributed by atoms with Gasteiger partial charge in [0.1, 0.15) is 5.60 Å². The minimum absolute atomic E-state index is 0.132. The van der Waals surface area contributed by atoms with Crippen LogP contribution >= 0.6 is 0 Å². The molecule has 1 aliphatic heterocycles. The molecule has 1 rings (SSSR count). The van der Waals surface area contributed by atoms with Crippen molar-refractivity contribution in [1.29, 1.82) is 0 Å². The third-order valence-corrected chi connectivity index (χ3v) is 3.45. The maximum absolute atomic E-state index is 11.9. The largest absolute Gasteiger partial charge is 0.381 e. The predicted octanol–water partition coefficient (Wildman–Crippen LogP) is 1.65. The van der Waals surface area contributed by atoms with Gasteiger partial charge in [-0.1, -0.05) is 20.3 Å². The average Bonchev–Trinajstić information content (AvgIpc) is 2.16. The summed E-state index contributed by atoms with van der Waals surface area (Å²) >= 11 is 0. The van der Waals surface area contributed by atoms with Crippen molar-refractivity contribution >= 4 is 5.91 Å². The molecule has 2 atom stereocenters. The Balaban J connectivity index is 2.62. The standard InChI is InChI=1S/C12H23NO2/c1-5-10-8-13(7-6-9(10)2)11(14)12(3,4)15/h9-10,15H,5-8H2,1-4H3/t9-,10+/m1/s1. The lowest BCUT2D eigenvalue weighted by Crippen LogP contribution is -2.50. The molecule has 1 fully saturated rings. The Labute approximate surface area is 92.5 Å². The second kappa shape index (κ2) is 4.52. The van der Waals surface area contributed by atoms with Crippen LogP contribution in [0.3, 0.4) is 0 Å². The number of carbonyl (C=O) groups is 1. The van der Waals surface area contributed by atoms with Crippen molar-refractivity contribution in [2.75, 3.05) is 13.1 Å². The zero-order valence-corrected chi connectivity index (χ0v) is 10.3. The zero-order chi connectivity index (χ0) is 11.6. The molecular weight excluding hydrogens is 190 g/mol. The predicted molar refractivity (Wildman–Crippen MR) is 60.4 cm³/mol. The lowest BCUT2D eigenvalue weighted by atomic mass is 9.85. The van der Waals surface area contributed by atoms with Gasteiger partial charge in [-0.25, -0.2) is 0 Å². The van der Waals surface area contributed by atoms with Gasteiger partial charge in [-0.05, 0) is 32.1 Å². The van der Waals surface area contributed by atoms with Crippen molar-refractivity contribution in [3.63, 3.8) is 0 Å². The molecule has 0 aromatic heterocycles. The lowest BCUT2D eigenvalue weighted by molar-refractivity contribution is -0.150. The molecule has 1 aliphatic rings. The summed E-state index contributed by atoms with van der Waals surface area (Å²) in [5.41, 5.74) is -1.22. The summed E-state index contributed by atoms with van der Waals surface area (Å²) in [5, 5.41) is 9.67. The first-order chi connectivity index (χ1) is 6.86. The van der Waals surface area contributed by atoms with Gasteiger partial charge in [-0.2, -0.15) is 0 Å². The molecular formula is C12H23NO2. The Bertz CT molecular complexity index is 232. The van der Waals surface area contributed by atoms with E-state index in [1.54, 1.807) is 13.8 Å². The lowest BCUT2D eigenvalue weighted by Gasteiger charge is -2.39. The number of likely N-dealkylation sites (tertiary alicyclic amines) is 1. The van der Waals surface area contributed by atoms with Crippen LogP contribution < -0.4 is 0 Å². The molecule has 0 aromatic rings.